The van der Waals surface area contributed by atoms with Crippen LogP contribution >= 0.6 is 12.2 Å². The Morgan fingerprint density at radius 3 is 2.52 bits per heavy atom. The van der Waals surface area contributed by atoms with E-state index in [1.165, 1.54) is 0 Å². The van der Waals surface area contributed by atoms with Crippen molar-refractivity contribution in [3.8, 4) is 0 Å². The molecule has 1 atom stereocenters. The summed E-state index contributed by atoms with van der Waals surface area (Å²) in [6.07, 6.45) is 1.87. The predicted octanol–water partition coefficient (Wildman–Crippen LogP) is 3.66. The zero-order valence-corrected chi connectivity index (χ0v) is 16.4. The fourth-order valence-electron chi connectivity index (χ4n) is 2.40. The molecule has 2 aromatic rings. The highest BCUT2D eigenvalue weighted by atomic mass is 32.1. The van der Waals surface area contributed by atoms with Crippen LogP contribution < -0.4 is 16.0 Å². The molecule has 0 saturated carbocycles. The van der Waals surface area contributed by atoms with Crippen molar-refractivity contribution in [1.82, 2.24) is 10.6 Å². The number of rotatable bonds is 7. The smallest absolute Gasteiger partial charge is 0.251 e. The van der Waals surface area contributed by atoms with Gasteiger partial charge in [-0.3, -0.25) is 9.59 Å². The molecule has 0 heterocycles. The fraction of sp³-hybridized carbons (Fsp3) is 0.286. The predicted molar refractivity (Wildman–Crippen MR) is 113 cm³/mol. The van der Waals surface area contributed by atoms with E-state index < -0.39 is 0 Å². The second kappa shape index (κ2) is 10.4. The average Bonchev–Trinajstić information content (AvgIpc) is 2.67. The standard InChI is InChI=1S/C21H25N3O2S/c1-3-15(2)22-20(26)17-10-7-11-18(14-17)23-21(27)24-19(25)13-12-16-8-5-4-6-9-16/h4-11,14-15H,3,12-13H2,1-2H3,(H,22,26)(H2,23,24,25,27). The maximum Gasteiger partial charge on any atom is 0.251 e. The van der Waals surface area contributed by atoms with Crippen LogP contribution in [0.1, 0.15) is 42.6 Å². The van der Waals surface area contributed by atoms with Gasteiger partial charge in [0, 0.05) is 23.7 Å². The molecule has 0 aliphatic heterocycles. The molecule has 0 bridgehead atoms. The highest BCUT2D eigenvalue weighted by molar-refractivity contribution is 7.80. The zero-order valence-electron chi connectivity index (χ0n) is 15.6. The summed E-state index contributed by atoms with van der Waals surface area (Å²) >= 11 is 5.20. The van der Waals surface area contributed by atoms with Crippen molar-refractivity contribution in [1.29, 1.82) is 0 Å². The van der Waals surface area contributed by atoms with Crippen LogP contribution in [0.2, 0.25) is 0 Å². The van der Waals surface area contributed by atoms with E-state index in [2.05, 4.69) is 16.0 Å². The summed E-state index contributed by atoms with van der Waals surface area (Å²) in [5.41, 5.74) is 2.30. The van der Waals surface area contributed by atoms with Crippen molar-refractivity contribution in [2.75, 3.05) is 5.32 Å². The van der Waals surface area contributed by atoms with Crippen LogP contribution in [0.3, 0.4) is 0 Å². The summed E-state index contributed by atoms with van der Waals surface area (Å²) in [4.78, 5) is 24.3. The van der Waals surface area contributed by atoms with Gasteiger partial charge in [-0.2, -0.15) is 0 Å². The number of carbonyl (C=O) groups is 2. The van der Waals surface area contributed by atoms with E-state index >= 15 is 0 Å². The lowest BCUT2D eigenvalue weighted by atomic mass is 10.1. The molecule has 0 aliphatic rings. The number of aryl methyl sites for hydroxylation is 1. The summed E-state index contributed by atoms with van der Waals surface area (Å²) in [5.74, 6) is -0.284. The molecule has 0 saturated heterocycles. The first-order valence-electron chi connectivity index (χ1n) is 9.03. The number of carbonyl (C=O) groups excluding carboxylic acids is 2. The number of benzene rings is 2. The van der Waals surface area contributed by atoms with E-state index in [1.807, 2.05) is 44.2 Å². The van der Waals surface area contributed by atoms with Crippen LogP contribution in [-0.4, -0.2) is 23.0 Å². The van der Waals surface area contributed by atoms with E-state index in [0.717, 1.165) is 12.0 Å². The first-order valence-corrected chi connectivity index (χ1v) is 9.44. The largest absolute Gasteiger partial charge is 0.350 e. The molecule has 27 heavy (non-hydrogen) atoms. The second-order valence-electron chi connectivity index (χ2n) is 6.35. The van der Waals surface area contributed by atoms with Gasteiger partial charge in [0.1, 0.15) is 0 Å². The normalized spacial score (nSPS) is 11.3. The third-order valence-electron chi connectivity index (χ3n) is 4.11. The maximum atomic E-state index is 12.2. The summed E-state index contributed by atoms with van der Waals surface area (Å²) in [7, 11) is 0. The summed E-state index contributed by atoms with van der Waals surface area (Å²) in [6.45, 7) is 3.97. The number of hydrogen-bond acceptors (Lipinski definition) is 3. The SMILES string of the molecule is CCC(C)NC(=O)c1cccc(NC(=S)NC(=O)CCc2ccccc2)c1. The number of hydrogen-bond donors (Lipinski definition) is 3. The van der Waals surface area contributed by atoms with Crippen LogP contribution in [-0.2, 0) is 11.2 Å². The lowest BCUT2D eigenvalue weighted by molar-refractivity contribution is -0.119. The third-order valence-corrected chi connectivity index (χ3v) is 4.31. The zero-order chi connectivity index (χ0) is 19.6. The van der Waals surface area contributed by atoms with Crippen LogP contribution in [0.15, 0.2) is 54.6 Å². The Kier molecular flexibility index (Phi) is 7.95. The van der Waals surface area contributed by atoms with Crippen LogP contribution in [0.25, 0.3) is 0 Å². The van der Waals surface area contributed by atoms with Gasteiger partial charge in [-0.05, 0) is 55.7 Å². The van der Waals surface area contributed by atoms with Gasteiger partial charge in [0.2, 0.25) is 5.91 Å². The molecule has 5 nitrogen and oxygen atoms in total. The molecule has 2 aromatic carbocycles. The molecule has 3 N–H and O–H groups in total. The van der Waals surface area contributed by atoms with Gasteiger partial charge in [0.05, 0.1) is 0 Å². The lowest BCUT2D eigenvalue weighted by Crippen LogP contribution is -2.34. The fourth-order valence-corrected chi connectivity index (χ4v) is 2.63. The first kappa shape index (κ1) is 20.6. The van der Waals surface area contributed by atoms with Crippen LogP contribution in [0.5, 0.6) is 0 Å². The van der Waals surface area contributed by atoms with Crippen molar-refractivity contribution < 1.29 is 9.59 Å². The Balaban J connectivity index is 1.85. The quantitative estimate of drug-likeness (QED) is 0.638. The summed E-state index contributed by atoms with van der Waals surface area (Å²) in [5, 5.41) is 8.76. The van der Waals surface area contributed by atoms with Crippen molar-refractivity contribution >= 4 is 34.8 Å². The van der Waals surface area contributed by atoms with Gasteiger partial charge in [-0.1, -0.05) is 43.3 Å². The molecule has 2 rings (SSSR count). The Morgan fingerprint density at radius 1 is 1.07 bits per heavy atom. The Labute approximate surface area is 165 Å². The minimum Gasteiger partial charge on any atom is -0.350 e. The molecule has 0 radical (unpaired) electrons. The van der Waals surface area contributed by atoms with E-state index in [4.69, 9.17) is 12.2 Å². The Bertz CT molecular complexity index is 793. The second-order valence-corrected chi connectivity index (χ2v) is 6.76. The third kappa shape index (κ3) is 7.19. The molecule has 6 heteroatoms. The van der Waals surface area contributed by atoms with E-state index in [1.54, 1.807) is 24.3 Å². The maximum absolute atomic E-state index is 12.2. The van der Waals surface area contributed by atoms with Gasteiger partial charge in [-0.15, -0.1) is 0 Å². The van der Waals surface area contributed by atoms with Gasteiger partial charge in [0.15, 0.2) is 5.11 Å². The van der Waals surface area contributed by atoms with Crippen LogP contribution in [0.4, 0.5) is 5.69 Å². The molecular weight excluding hydrogens is 358 g/mol. The van der Waals surface area contributed by atoms with Gasteiger partial charge in [-0.25, -0.2) is 0 Å². The van der Waals surface area contributed by atoms with E-state index in [0.29, 0.717) is 24.1 Å². The van der Waals surface area contributed by atoms with Gasteiger partial charge < -0.3 is 16.0 Å². The molecule has 1 unspecified atom stereocenters. The summed E-state index contributed by atoms with van der Waals surface area (Å²) < 4.78 is 0. The number of amides is 2. The average molecular weight is 384 g/mol. The minimum absolute atomic E-state index is 0.110. The molecule has 0 spiro atoms. The van der Waals surface area contributed by atoms with E-state index in [9.17, 15) is 9.59 Å². The van der Waals surface area contributed by atoms with Crippen molar-refractivity contribution in [2.24, 2.45) is 0 Å². The molecule has 0 aliphatic carbocycles. The highest BCUT2D eigenvalue weighted by Crippen LogP contribution is 2.11. The molecule has 0 fully saturated rings. The Morgan fingerprint density at radius 2 is 1.81 bits per heavy atom. The van der Waals surface area contributed by atoms with Crippen molar-refractivity contribution in [2.45, 2.75) is 39.2 Å². The van der Waals surface area contributed by atoms with Crippen molar-refractivity contribution in [3.63, 3.8) is 0 Å². The molecule has 2 amide bonds. The van der Waals surface area contributed by atoms with E-state index in [-0.39, 0.29) is 23.0 Å². The molecule has 142 valence electrons. The lowest BCUT2D eigenvalue weighted by Gasteiger charge is -2.13. The highest BCUT2D eigenvalue weighted by Gasteiger charge is 2.10. The van der Waals surface area contributed by atoms with Crippen molar-refractivity contribution in [3.05, 3.63) is 65.7 Å². The van der Waals surface area contributed by atoms with Gasteiger partial charge >= 0.3 is 0 Å². The topological polar surface area (TPSA) is 70.2 Å². The van der Waals surface area contributed by atoms with Gasteiger partial charge in [0.25, 0.3) is 5.91 Å². The molecule has 0 aromatic heterocycles. The number of nitrogens with one attached hydrogen (secondary N) is 3. The minimum atomic E-state index is -0.151. The number of anilines is 1. The summed E-state index contributed by atoms with van der Waals surface area (Å²) in [6, 6.07) is 16.9. The number of thiocarbonyl (C=S) groups is 1. The first-order chi connectivity index (χ1) is 13.0. The molecular formula is C21H25N3O2S. The Hall–Kier alpha value is -2.73. The van der Waals surface area contributed by atoms with Crippen LogP contribution in [0, 0.1) is 0 Å². The monoisotopic (exact) mass is 383 g/mol.